The maximum Gasteiger partial charge on any atom is 0.0406 e. The monoisotopic (exact) mass is 1020 g/mol. The molecule has 0 amide bonds. The maximum absolute atomic E-state index is 5.90. The van der Waals surface area contributed by atoms with Gasteiger partial charge in [0, 0.05) is 20.1 Å². The Labute approximate surface area is 447 Å². The molecule has 0 heterocycles. The number of rotatable bonds is 3. The van der Waals surface area contributed by atoms with Gasteiger partial charge in [0.15, 0.2) is 0 Å². The van der Waals surface area contributed by atoms with Gasteiger partial charge in [0.2, 0.25) is 0 Å². The molecule has 7 fully saturated rings. The summed E-state index contributed by atoms with van der Waals surface area (Å²) in [5.41, 5.74) is 13.6. The van der Waals surface area contributed by atoms with Crippen molar-refractivity contribution in [1.82, 2.24) is 0 Å². The van der Waals surface area contributed by atoms with Gasteiger partial charge in [0.1, 0.15) is 0 Å². The molecule has 0 atom stereocenters. The molecule has 0 unspecified atom stereocenters. The predicted molar refractivity (Wildman–Crippen MR) is 309 cm³/mol. The van der Waals surface area contributed by atoms with Crippen LogP contribution in [-0.2, 0) is 21.7 Å². The molecule has 0 aromatic heterocycles. The van der Waals surface area contributed by atoms with E-state index in [1.54, 1.807) is 38.5 Å². The van der Waals surface area contributed by atoms with Crippen LogP contribution in [0.3, 0.4) is 0 Å². The lowest BCUT2D eigenvalue weighted by Crippen LogP contribution is -2.44. The van der Waals surface area contributed by atoms with Gasteiger partial charge in [0.25, 0.3) is 0 Å². The largest absolute Gasteiger partial charge is 0.0843 e. The standard InChI is InChI=1S/C13H17Cl.C12H15Cl.C11H18.C10H11Cl.C10H13Cl.C10H14/c1-13(9-3-2-4-10-13)11-5-7-12(14)8-6-11;1-12(8-2-3-9-12)10-4-6-11(13)7-5-10;1-11-5-8-2-9(6-11)4-10(3-8)7-11;1-10(6-7-10)8-2-4-9(11)5-3-8;1-10(2,3)8-4-6-9(11)7-5-8;1-7-5-8(2)10(4)9(3)6-7/h5-8H,2-4,9-10H2,1H3;4-7H,2-3,8-9H2,1H3;8-10H,2-7H2,1H3;2-5H,6-7H2,1H3;4-7H,1-3H3;5-6H,1-4H3. The Bertz CT molecular complexity index is 2260. The highest BCUT2D eigenvalue weighted by molar-refractivity contribution is 6.31. The number of hydrogen-bond acceptors (Lipinski definition) is 0. The normalized spacial score (nSPS) is 23.8. The lowest BCUT2D eigenvalue weighted by atomic mass is 9.50. The fourth-order valence-electron chi connectivity index (χ4n) is 12.8. The van der Waals surface area contributed by atoms with Crippen molar-refractivity contribution in [3.63, 3.8) is 0 Å². The minimum absolute atomic E-state index is 0.227. The van der Waals surface area contributed by atoms with Crippen LogP contribution in [0.4, 0.5) is 0 Å². The van der Waals surface area contributed by atoms with Crippen LogP contribution in [0.15, 0.2) is 109 Å². The van der Waals surface area contributed by atoms with Gasteiger partial charge in [0.05, 0.1) is 0 Å². The van der Waals surface area contributed by atoms with Gasteiger partial charge in [-0.15, -0.1) is 0 Å². The SMILES string of the molecule is CC(C)(C)c1ccc(Cl)cc1.CC1(c2ccc(Cl)cc2)CC1.CC1(c2ccc(Cl)cc2)CCCC1.CC1(c2ccc(Cl)cc2)CCCCC1.CC12CC3CC(CC(C3)C1)C2.Cc1cc(C)c(C)c(C)c1. The smallest absolute Gasteiger partial charge is 0.0406 e. The summed E-state index contributed by atoms with van der Waals surface area (Å²) in [6, 6.07) is 37.4. The molecule has 12 rings (SSSR count). The van der Waals surface area contributed by atoms with Crippen molar-refractivity contribution in [2.45, 2.75) is 207 Å². The van der Waals surface area contributed by atoms with Crippen LogP contribution in [-0.4, -0.2) is 0 Å². The van der Waals surface area contributed by atoms with Crippen molar-refractivity contribution in [2.75, 3.05) is 0 Å². The zero-order valence-corrected chi connectivity index (χ0v) is 48.2. The van der Waals surface area contributed by atoms with Crippen molar-refractivity contribution in [1.29, 1.82) is 0 Å². The Morgan fingerprint density at radius 2 is 0.686 bits per heavy atom. The molecule has 7 aliphatic carbocycles. The Balaban J connectivity index is 0.000000138. The first-order chi connectivity index (χ1) is 33.0. The zero-order chi connectivity index (χ0) is 50.9. The van der Waals surface area contributed by atoms with E-state index in [0.29, 0.717) is 16.2 Å². The van der Waals surface area contributed by atoms with E-state index in [-0.39, 0.29) is 5.41 Å². The summed E-state index contributed by atoms with van der Waals surface area (Å²) >= 11 is 23.3. The summed E-state index contributed by atoms with van der Waals surface area (Å²) in [5.74, 6) is 3.43. The quantitative estimate of drug-likeness (QED) is 0.169. The third kappa shape index (κ3) is 16.4. The van der Waals surface area contributed by atoms with Gasteiger partial charge < -0.3 is 0 Å². The molecule has 380 valence electrons. The molecular weight excluding hydrogens is 935 g/mol. The minimum atomic E-state index is 0.227. The van der Waals surface area contributed by atoms with Crippen molar-refractivity contribution in [3.05, 3.63) is 174 Å². The molecule has 7 aliphatic rings. The van der Waals surface area contributed by atoms with Crippen molar-refractivity contribution in [3.8, 4) is 0 Å². The fourth-order valence-corrected chi connectivity index (χ4v) is 13.3. The lowest BCUT2D eigenvalue weighted by molar-refractivity contribution is -0.0411. The second-order valence-electron chi connectivity index (χ2n) is 25.0. The molecule has 0 nitrogen and oxygen atoms in total. The van der Waals surface area contributed by atoms with E-state index in [4.69, 9.17) is 46.4 Å². The molecule has 7 saturated carbocycles. The summed E-state index contributed by atoms with van der Waals surface area (Å²) < 4.78 is 0. The van der Waals surface area contributed by atoms with Gasteiger partial charge in [-0.3, -0.25) is 0 Å². The molecule has 0 saturated heterocycles. The second kappa shape index (κ2) is 24.5. The van der Waals surface area contributed by atoms with E-state index in [0.717, 1.165) is 43.3 Å². The molecule has 70 heavy (non-hydrogen) atoms. The van der Waals surface area contributed by atoms with Crippen LogP contribution in [0, 0.1) is 50.9 Å². The first-order valence-corrected chi connectivity index (χ1v) is 28.6. The highest BCUT2D eigenvalue weighted by Crippen LogP contribution is 2.59. The lowest BCUT2D eigenvalue weighted by Gasteiger charge is -2.55. The van der Waals surface area contributed by atoms with Gasteiger partial charge >= 0.3 is 0 Å². The second-order valence-corrected chi connectivity index (χ2v) is 26.7. The van der Waals surface area contributed by atoms with E-state index in [9.17, 15) is 0 Å². The van der Waals surface area contributed by atoms with Gasteiger partial charge in [-0.05, 0) is 237 Å². The van der Waals surface area contributed by atoms with Gasteiger partial charge in [-0.1, -0.05) is 193 Å². The summed E-state index contributed by atoms with van der Waals surface area (Å²) in [4.78, 5) is 0. The Morgan fingerprint density at radius 1 is 0.400 bits per heavy atom. The summed E-state index contributed by atoms with van der Waals surface area (Å²) in [7, 11) is 0. The van der Waals surface area contributed by atoms with Gasteiger partial charge in [-0.25, -0.2) is 0 Å². The Morgan fingerprint density at radius 3 is 0.971 bits per heavy atom. The van der Waals surface area contributed by atoms with Crippen molar-refractivity contribution < 1.29 is 0 Å². The summed E-state index contributed by atoms with van der Waals surface area (Å²) in [6.07, 6.45) is 24.3. The number of hydrogen-bond donors (Lipinski definition) is 0. The molecule has 4 heteroatoms. The highest BCUT2D eigenvalue weighted by Gasteiger charge is 2.48. The van der Waals surface area contributed by atoms with Crippen LogP contribution in [0.5, 0.6) is 0 Å². The third-order valence-electron chi connectivity index (χ3n) is 17.4. The molecule has 0 spiro atoms. The number of aryl methyl sites for hydroxylation is 3. The topological polar surface area (TPSA) is 0 Å². The van der Waals surface area contributed by atoms with E-state index in [2.05, 4.69) is 137 Å². The highest BCUT2D eigenvalue weighted by atomic mass is 35.5. The molecule has 5 aromatic rings. The first kappa shape index (κ1) is 56.6. The van der Waals surface area contributed by atoms with Crippen LogP contribution in [0.1, 0.15) is 202 Å². The molecule has 0 N–H and O–H groups in total. The van der Waals surface area contributed by atoms with Crippen molar-refractivity contribution in [2.24, 2.45) is 23.2 Å². The average molecular weight is 1020 g/mol. The summed E-state index contributed by atoms with van der Waals surface area (Å²) in [6.45, 7) is 24.8. The van der Waals surface area contributed by atoms with Crippen LogP contribution < -0.4 is 0 Å². The minimum Gasteiger partial charge on any atom is -0.0843 e. The van der Waals surface area contributed by atoms with E-state index in [1.165, 1.54) is 115 Å². The molecular formula is C66H88Cl4. The number of halogens is 4. The van der Waals surface area contributed by atoms with Gasteiger partial charge in [-0.2, -0.15) is 0 Å². The van der Waals surface area contributed by atoms with Crippen LogP contribution in [0.25, 0.3) is 0 Å². The Hall–Kier alpha value is -2.74. The molecule has 4 bridgehead atoms. The maximum atomic E-state index is 5.90. The Kier molecular flexibility index (Phi) is 19.8. The molecule has 0 radical (unpaired) electrons. The summed E-state index contributed by atoms with van der Waals surface area (Å²) in [5, 5.41) is 3.31. The molecule has 0 aliphatic heterocycles. The first-order valence-electron chi connectivity index (χ1n) is 27.1. The van der Waals surface area contributed by atoms with Crippen LogP contribution in [0.2, 0.25) is 20.1 Å². The van der Waals surface area contributed by atoms with E-state index >= 15 is 0 Å². The average Bonchev–Trinajstić information content (AvgIpc) is 3.90. The predicted octanol–water partition coefficient (Wildman–Crippen LogP) is 21.9. The van der Waals surface area contributed by atoms with Crippen molar-refractivity contribution >= 4 is 46.4 Å². The van der Waals surface area contributed by atoms with E-state index in [1.807, 2.05) is 48.5 Å². The third-order valence-corrected chi connectivity index (χ3v) is 18.4. The zero-order valence-electron chi connectivity index (χ0n) is 45.2. The fraction of sp³-hybridized carbons (Fsp3) is 0.545. The molecule has 5 aromatic carbocycles. The van der Waals surface area contributed by atoms with E-state index < -0.39 is 0 Å². The number of benzene rings is 5. The van der Waals surface area contributed by atoms with Crippen LogP contribution >= 0.6 is 46.4 Å².